The van der Waals surface area contributed by atoms with Crippen LogP contribution in [-0.4, -0.2) is 52.0 Å². The van der Waals surface area contributed by atoms with Crippen molar-refractivity contribution in [1.29, 1.82) is 0 Å². The molecule has 1 atom stereocenters. The smallest absolute Gasteiger partial charge is 0.387 e. The summed E-state index contributed by atoms with van der Waals surface area (Å²) in [5, 5.41) is 4.55. The fourth-order valence-corrected chi connectivity index (χ4v) is 6.12. The predicted octanol–water partition coefficient (Wildman–Crippen LogP) is 3.12. The number of nitrogens with zero attached hydrogens (tertiary/aromatic N) is 1. The Morgan fingerprint density at radius 3 is 2.81 bits per heavy atom. The van der Waals surface area contributed by atoms with Crippen LogP contribution in [-0.2, 0) is 21.2 Å². The highest BCUT2D eigenvalue weighted by Gasteiger charge is 2.33. The molecule has 1 aromatic carbocycles. The number of carbonyl (C=O) groups is 1. The number of ether oxygens (including phenoxy) is 2. The van der Waals surface area contributed by atoms with E-state index in [4.69, 9.17) is 4.74 Å². The van der Waals surface area contributed by atoms with Crippen molar-refractivity contribution in [2.75, 3.05) is 26.7 Å². The van der Waals surface area contributed by atoms with Gasteiger partial charge in [-0.15, -0.1) is 11.3 Å². The molecule has 1 amide bonds. The maximum atomic E-state index is 12.7. The fraction of sp³-hybridized carbons (Fsp3) is 0.450. The van der Waals surface area contributed by atoms with Gasteiger partial charge in [-0.2, -0.15) is 13.1 Å². The van der Waals surface area contributed by atoms with E-state index in [1.807, 2.05) is 0 Å². The van der Waals surface area contributed by atoms with Crippen molar-refractivity contribution in [2.45, 2.75) is 30.1 Å². The number of nitrogens with one attached hydrogen (secondary N) is 1. The molecule has 0 aliphatic carbocycles. The van der Waals surface area contributed by atoms with Crippen LogP contribution in [0.5, 0.6) is 11.5 Å². The largest absolute Gasteiger partial charge is 0.493 e. The number of rotatable bonds is 9. The molecular weight excluding hydrogens is 450 g/mol. The first-order valence-corrected chi connectivity index (χ1v) is 12.1. The van der Waals surface area contributed by atoms with E-state index in [0.29, 0.717) is 32.4 Å². The van der Waals surface area contributed by atoms with Gasteiger partial charge in [0.15, 0.2) is 11.5 Å². The highest BCUT2D eigenvalue weighted by Crippen LogP contribution is 2.30. The lowest BCUT2D eigenvalue weighted by Gasteiger charge is -2.30. The molecule has 31 heavy (non-hydrogen) atoms. The third-order valence-corrected chi connectivity index (χ3v) is 8.24. The number of carbonyl (C=O) groups excluding carboxylic acids is 1. The molecule has 1 aliphatic rings. The summed E-state index contributed by atoms with van der Waals surface area (Å²) in [6.45, 7) is -2.07. The van der Waals surface area contributed by atoms with Crippen LogP contribution < -0.4 is 14.8 Å². The van der Waals surface area contributed by atoms with Crippen LogP contribution in [0.15, 0.2) is 39.9 Å². The molecule has 1 N–H and O–H groups in total. The van der Waals surface area contributed by atoms with E-state index >= 15 is 0 Å². The first-order valence-electron chi connectivity index (χ1n) is 9.74. The van der Waals surface area contributed by atoms with Gasteiger partial charge in [0.2, 0.25) is 5.91 Å². The Bertz CT molecular complexity index is 983. The SMILES string of the molecule is COc1cc(CCNC(=O)[C@@H]2CCCN(S(=O)(=O)c3cccs3)C2)ccc1OC(F)F. The molecule has 0 radical (unpaired) electrons. The summed E-state index contributed by atoms with van der Waals surface area (Å²) < 4.78 is 61.4. The monoisotopic (exact) mass is 474 g/mol. The third-order valence-electron chi connectivity index (χ3n) is 5.00. The minimum absolute atomic E-state index is 0.0560. The van der Waals surface area contributed by atoms with E-state index in [-0.39, 0.29) is 28.2 Å². The molecule has 7 nitrogen and oxygen atoms in total. The fourth-order valence-electron chi connectivity index (χ4n) is 3.45. The summed E-state index contributed by atoms with van der Waals surface area (Å²) >= 11 is 1.16. The van der Waals surface area contributed by atoms with Crippen LogP contribution in [0.25, 0.3) is 0 Å². The molecule has 1 saturated heterocycles. The summed E-state index contributed by atoms with van der Waals surface area (Å²) in [6.07, 6.45) is 1.70. The standard InChI is InChI=1S/C20H24F2N2O5S2/c1-28-17-12-14(6-7-16(17)29-20(21)22)8-9-23-19(25)15-4-2-10-24(13-15)31(26,27)18-5-3-11-30-18/h3,5-7,11-12,15,20H,2,4,8-10,13H2,1H3,(H,23,25)/t15-/m1/s1. The Hall–Kier alpha value is -2.24. The van der Waals surface area contributed by atoms with Gasteiger partial charge in [-0.3, -0.25) is 4.79 Å². The first-order chi connectivity index (χ1) is 14.8. The van der Waals surface area contributed by atoms with Crippen molar-refractivity contribution in [3.8, 4) is 11.5 Å². The number of alkyl halides is 2. The zero-order chi connectivity index (χ0) is 22.4. The van der Waals surface area contributed by atoms with E-state index < -0.39 is 22.6 Å². The van der Waals surface area contributed by atoms with Gasteiger partial charge in [0.25, 0.3) is 10.0 Å². The van der Waals surface area contributed by atoms with Gasteiger partial charge in [0, 0.05) is 19.6 Å². The van der Waals surface area contributed by atoms with Crippen LogP contribution in [0.4, 0.5) is 8.78 Å². The van der Waals surface area contributed by atoms with Crippen LogP contribution in [0.2, 0.25) is 0 Å². The molecule has 2 heterocycles. The second-order valence-electron chi connectivity index (χ2n) is 7.04. The van der Waals surface area contributed by atoms with Gasteiger partial charge in [0.05, 0.1) is 13.0 Å². The van der Waals surface area contributed by atoms with Gasteiger partial charge < -0.3 is 14.8 Å². The Balaban J connectivity index is 1.54. The molecule has 3 rings (SSSR count). The predicted molar refractivity (Wildman–Crippen MR) is 112 cm³/mol. The number of methoxy groups -OCH3 is 1. The highest BCUT2D eigenvalue weighted by molar-refractivity contribution is 7.91. The Labute approximate surface area is 184 Å². The third kappa shape index (κ3) is 5.92. The molecular formula is C20H24F2N2O5S2. The number of hydrogen-bond donors (Lipinski definition) is 1. The Morgan fingerprint density at radius 2 is 2.13 bits per heavy atom. The molecule has 0 spiro atoms. The quantitative estimate of drug-likeness (QED) is 0.604. The number of sulfonamides is 1. The Morgan fingerprint density at radius 1 is 1.32 bits per heavy atom. The first kappa shape index (κ1) is 23.4. The minimum atomic E-state index is -3.58. The van der Waals surface area contributed by atoms with Crippen LogP contribution in [0.3, 0.4) is 0 Å². The minimum Gasteiger partial charge on any atom is -0.493 e. The number of hydrogen-bond acceptors (Lipinski definition) is 6. The van der Waals surface area contributed by atoms with Gasteiger partial charge in [-0.1, -0.05) is 12.1 Å². The lowest BCUT2D eigenvalue weighted by molar-refractivity contribution is -0.126. The van der Waals surface area contributed by atoms with Gasteiger partial charge >= 0.3 is 6.61 Å². The highest BCUT2D eigenvalue weighted by atomic mass is 32.2. The molecule has 11 heteroatoms. The maximum absolute atomic E-state index is 12.7. The van der Waals surface area contributed by atoms with E-state index in [1.54, 1.807) is 29.6 Å². The lowest BCUT2D eigenvalue weighted by atomic mass is 9.99. The Kier molecular flexibility index (Phi) is 7.84. The van der Waals surface area contributed by atoms with Crippen LogP contribution >= 0.6 is 11.3 Å². The average Bonchev–Trinajstić information content (AvgIpc) is 3.30. The summed E-state index contributed by atoms with van der Waals surface area (Å²) in [5.74, 6) is -0.485. The normalized spacial score (nSPS) is 17.5. The maximum Gasteiger partial charge on any atom is 0.387 e. The van der Waals surface area contributed by atoms with Crippen molar-refractivity contribution in [1.82, 2.24) is 9.62 Å². The van der Waals surface area contributed by atoms with Crippen molar-refractivity contribution in [2.24, 2.45) is 5.92 Å². The molecule has 0 saturated carbocycles. The number of benzene rings is 1. The second-order valence-corrected chi connectivity index (χ2v) is 10.2. The average molecular weight is 475 g/mol. The second kappa shape index (κ2) is 10.4. The zero-order valence-corrected chi connectivity index (χ0v) is 18.6. The molecule has 1 fully saturated rings. The van der Waals surface area contributed by atoms with Crippen molar-refractivity contribution >= 4 is 27.3 Å². The summed E-state index contributed by atoms with van der Waals surface area (Å²) in [6, 6.07) is 7.86. The number of amides is 1. The number of halogens is 2. The summed E-state index contributed by atoms with van der Waals surface area (Å²) in [5.41, 5.74) is 0.782. The van der Waals surface area contributed by atoms with Crippen LogP contribution in [0, 0.1) is 5.92 Å². The van der Waals surface area contributed by atoms with E-state index in [9.17, 15) is 22.0 Å². The topological polar surface area (TPSA) is 84.9 Å². The lowest BCUT2D eigenvalue weighted by Crippen LogP contribution is -2.45. The molecule has 0 bridgehead atoms. The van der Waals surface area contributed by atoms with Crippen LogP contribution in [0.1, 0.15) is 18.4 Å². The summed E-state index contributed by atoms with van der Waals surface area (Å²) in [4.78, 5) is 12.6. The molecule has 2 aromatic rings. The van der Waals surface area contributed by atoms with Gasteiger partial charge in [0.1, 0.15) is 4.21 Å². The van der Waals surface area contributed by atoms with Crippen molar-refractivity contribution in [3.05, 3.63) is 41.3 Å². The zero-order valence-electron chi connectivity index (χ0n) is 16.9. The number of thiophene rings is 1. The van der Waals surface area contributed by atoms with Crippen molar-refractivity contribution < 1.29 is 31.5 Å². The van der Waals surface area contributed by atoms with Gasteiger partial charge in [-0.05, 0) is 48.4 Å². The summed E-state index contributed by atoms with van der Waals surface area (Å²) in [7, 11) is -2.22. The molecule has 0 unspecified atom stereocenters. The number of piperidine rings is 1. The molecule has 170 valence electrons. The molecule has 1 aliphatic heterocycles. The van der Waals surface area contributed by atoms with Crippen molar-refractivity contribution in [3.63, 3.8) is 0 Å². The van der Waals surface area contributed by atoms with E-state index in [1.165, 1.54) is 17.5 Å². The van der Waals surface area contributed by atoms with Gasteiger partial charge in [-0.25, -0.2) is 8.42 Å². The molecule has 1 aromatic heterocycles. The van der Waals surface area contributed by atoms with E-state index in [2.05, 4.69) is 10.1 Å². The van der Waals surface area contributed by atoms with E-state index in [0.717, 1.165) is 16.9 Å².